The molecule has 0 aliphatic rings. The zero-order valence-corrected chi connectivity index (χ0v) is 10.2. The summed E-state index contributed by atoms with van der Waals surface area (Å²) in [5.74, 6) is -2.12. The average molecular weight is 240 g/mol. The lowest BCUT2D eigenvalue weighted by molar-refractivity contribution is -0.139. The summed E-state index contributed by atoms with van der Waals surface area (Å²) in [4.78, 5) is 11.0. The van der Waals surface area contributed by atoms with Crippen LogP contribution in [0.25, 0.3) is 0 Å². The van der Waals surface area contributed by atoms with Crippen molar-refractivity contribution >= 4 is 17.7 Å². The second-order valence-electron chi connectivity index (χ2n) is 3.56. The smallest absolute Gasteiger partial charge is 0.318 e. The van der Waals surface area contributed by atoms with E-state index in [0.29, 0.717) is 18.6 Å². The molecule has 0 saturated heterocycles. The number of thioether (sulfide) groups is 1. The van der Waals surface area contributed by atoms with Crippen molar-refractivity contribution in [2.45, 2.75) is 44.3 Å². The van der Waals surface area contributed by atoms with Gasteiger partial charge in [0.05, 0.1) is 12.4 Å². The molecule has 0 aromatic carbocycles. The number of rotatable bonds is 7. The minimum atomic E-state index is -2.57. The fourth-order valence-electron chi connectivity index (χ4n) is 1.03. The lowest BCUT2D eigenvalue weighted by Crippen LogP contribution is -2.15. The van der Waals surface area contributed by atoms with Gasteiger partial charge in [-0.1, -0.05) is 0 Å². The van der Waals surface area contributed by atoms with Crippen LogP contribution in [0.1, 0.15) is 33.1 Å². The van der Waals surface area contributed by atoms with Gasteiger partial charge in [0.2, 0.25) is 5.92 Å². The van der Waals surface area contributed by atoms with Gasteiger partial charge in [0.15, 0.2) is 0 Å². The number of carbonyl (C=O) groups is 1. The maximum absolute atomic E-state index is 12.4. The molecule has 0 aliphatic carbocycles. The predicted octanol–water partition coefficient (Wildman–Crippen LogP) is 3.11. The highest BCUT2D eigenvalue weighted by Crippen LogP contribution is 2.21. The van der Waals surface area contributed by atoms with Gasteiger partial charge in [-0.05, 0) is 32.4 Å². The molecule has 1 atom stereocenters. The third kappa shape index (κ3) is 8.66. The van der Waals surface area contributed by atoms with Crippen LogP contribution in [0.3, 0.4) is 0 Å². The molecule has 0 radical (unpaired) electrons. The Morgan fingerprint density at radius 2 is 2.07 bits per heavy atom. The van der Waals surface area contributed by atoms with Crippen molar-refractivity contribution in [2.24, 2.45) is 0 Å². The van der Waals surface area contributed by atoms with Gasteiger partial charge in [0, 0.05) is 6.42 Å². The maximum Gasteiger partial charge on any atom is 0.318 e. The van der Waals surface area contributed by atoms with Gasteiger partial charge in [-0.3, -0.25) is 4.79 Å². The van der Waals surface area contributed by atoms with Gasteiger partial charge in [-0.2, -0.15) is 0 Å². The molecule has 90 valence electrons. The molecule has 0 aromatic heterocycles. The summed E-state index contributed by atoms with van der Waals surface area (Å²) in [5, 5.41) is -0.211. The molecule has 0 saturated carbocycles. The summed E-state index contributed by atoms with van der Waals surface area (Å²) >= 11 is 1.44. The third-order valence-corrected chi connectivity index (χ3v) is 3.13. The molecule has 0 amide bonds. The Kier molecular flexibility index (Phi) is 6.89. The molecule has 0 fully saturated rings. The summed E-state index contributed by atoms with van der Waals surface area (Å²) in [5.41, 5.74) is 0. The number of esters is 1. The Morgan fingerprint density at radius 3 is 2.53 bits per heavy atom. The molecule has 2 nitrogen and oxygen atoms in total. The monoisotopic (exact) mass is 240 g/mol. The van der Waals surface area contributed by atoms with Crippen LogP contribution in [0.2, 0.25) is 0 Å². The van der Waals surface area contributed by atoms with E-state index in [9.17, 15) is 13.6 Å². The first-order chi connectivity index (χ1) is 6.87. The van der Waals surface area contributed by atoms with Gasteiger partial charge in [-0.25, -0.2) is 8.78 Å². The van der Waals surface area contributed by atoms with E-state index in [1.54, 1.807) is 6.92 Å². The second kappa shape index (κ2) is 7.04. The van der Waals surface area contributed by atoms with Gasteiger partial charge in [0.25, 0.3) is 0 Å². The number of carbonyl (C=O) groups excluding carboxylic acids is 1. The predicted molar refractivity (Wildman–Crippen MR) is 58.4 cm³/mol. The van der Waals surface area contributed by atoms with E-state index >= 15 is 0 Å². The van der Waals surface area contributed by atoms with Crippen LogP contribution in [-0.4, -0.2) is 30.0 Å². The SMILES string of the molecule is COC(=O)C(C)SCCCCC(C)(F)F. The van der Waals surface area contributed by atoms with Gasteiger partial charge in [0.1, 0.15) is 0 Å². The number of unbranched alkanes of at least 4 members (excludes halogenated alkanes) is 1. The summed E-state index contributed by atoms with van der Waals surface area (Å²) in [6, 6.07) is 0. The van der Waals surface area contributed by atoms with E-state index < -0.39 is 5.92 Å². The van der Waals surface area contributed by atoms with Gasteiger partial charge < -0.3 is 4.74 Å². The molecule has 0 heterocycles. The Labute approximate surface area is 93.8 Å². The second-order valence-corrected chi connectivity index (χ2v) is 5.01. The average Bonchev–Trinajstić information content (AvgIpc) is 2.14. The first kappa shape index (κ1) is 14.7. The molecular weight excluding hydrogens is 222 g/mol. The molecule has 0 aliphatic heterocycles. The summed E-state index contributed by atoms with van der Waals surface area (Å²) < 4.78 is 29.4. The fourth-order valence-corrected chi connectivity index (χ4v) is 1.99. The Hall–Kier alpha value is -0.320. The standard InChI is InChI=1S/C10H18F2O2S/c1-8(9(13)14-3)15-7-5-4-6-10(2,11)12/h8H,4-7H2,1-3H3. The lowest BCUT2D eigenvalue weighted by atomic mass is 10.2. The third-order valence-electron chi connectivity index (χ3n) is 1.91. The summed E-state index contributed by atoms with van der Waals surface area (Å²) in [7, 11) is 1.34. The topological polar surface area (TPSA) is 26.3 Å². The number of halogens is 2. The van der Waals surface area contributed by atoms with E-state index in [0.717, 1.165) is 6.92 Å². The molecule has 0 rings (SSSR count). The van der Waals surface area contributed by atoms with E-state index in [1.165, 1.54) is 18.9 Å². The number of hydrogen-bond acceptors (Lipinski definition) is 3. The van der Waals surface area contributed by atoms with E-state index in [2.05, 4.69) is 4.74 Å². The summed E-state index contributed by atoms with van der Waals surface area (Å²) in [6.45, 7) is 2.68. The van der Waals surface area contributed by atoms with Crippen molar-refractivity contribution < 1.29 is 18.3 Å². The maximum atomic E-state index is 12.4. The molecule has 0 spiro atoms. The number of methoxy groups -OCH3 is 1. The number of alkyl halides is 2. The van der Waals surface area contributed by atoms with E-state index in [4.69, 9.17) is 0 Å². The fraction of sp³-hybridized carbons (Fsp3) is 0.900. The minimum Gasteiger partial charge on any atom is -0.468 e. The van der Waals surface area contributed by atoms with Crippen molar-refractivity contribution in [2.75, 3.05) is 12.9 Å². The molecule has 15 heavy (non-hydrogen) atoms. The molecule has 5 heteroatoms. The first-order valence-corrected chi connectivity index (χ1v) is 5.99. The first-order valence-electron chi connectivity index (χ1n) is 4.94. The molecule has 0 aromatic rings. The quantitative estimate of drug-likeness (QED) is 0.505. The molecule has 0 bridgehead atoms. The molecular formula is C10H18F2O2S. The lowest BCUT2D eigenvalue weighted by Gasteiger charge is -2.10. The van der Waals surface area contributed by atoms with Crippen molar-refractivity contribution in [1.82, 2.24) is 0 Å². The van der Waals surface area contributed by atoms with Crippen molar-refractivity contribution in [3.8, 4) is 0 Å². The minimum absolute atomic E-state index is 0.0832. The zero-order chi connectivity index (χ0) is 11.9. The number of ether oxygens (including phenoxy) is 1. The van der Waals surface area contributed by atoms with Crippen LogP contribution >= 0.6 is 11.8 Å². The molecule has 0 N–H and O–H groups in total. The summed E-state index contributed by atoms with van der Waals surface area (Å²) in [6.07, 6.45) is 1.11. The van der Waals surface area contributed by atoms with Crippen LogP contribution in [0.5, 0.6) is 0 Å². The van der Waals surface area contributed by atoms with Crippen LogP contribution in [0, 0.1) is 0 Å². The van der Waals surface area contributed by atoms with Crippen molar-refractivity contribution in [3.63, 3.8) is 0 Å². The Balaban J connectivity index is 3.43. The zero-order valence-electron chi connectivity index (χ0n) is 9.39. The van der Waals surface area contributed by atoms with Crippen LogP contribution < -0.4 is 0 Å². The van der Waals surface area contributed by atoms with Crippen molar-refractivity contribution in [1.29, 1.82) is 0 Å². The van der Waals surface area contributed by atoms with E-state index in [-0.39, 0.29) is 17.6 Å². The highest BCUT2D eigenvalue weighted by Gasteiger charge is 2.20. The van der Waals surface area contributed by atoms with Gasteiger partial charge in [-0.15, -0.1) is 11.8 Å². The highest BCUT2D eigenvalue weighted by atomic mass is 32.2. The Morgan fingerprint density at radius 1 is 1.47 bits per heavy atom. The van der Waals surface area contributed by atoms with Crippen molar-refractivity contribution in [3.05, 3.63) is 0 Å². The van der Waals surface area contributed by atoms with Crippen LogP contribution in [0.4, 0.5) is 8.78 Å². The van der Waals surface area contributed by atoms with Gasteiger partial charge >= 0.3 is 5.97 Å². The number of hydrogen-bond donors (Lipinski definition) is 0. The largest absolute Gasteiger partial charge is 0.468 e. The van der Waals surface area contributed by atoms with E-state index in [1.807, 2.05) is 0 Å². The highest BCUT2D eigenvalue weighted by molar-refractivity contribution is 8.00. The Bertz CT molecular complexity index is 192. The van der Waals surface area contributed by atoms with Crippen LogP contribution in [0.15, 0.2) is 0 Å². The normalized spacial score (nSPS) is 13.7. The molecule has 1 unspecified atom stereocenters. The van der Waals surface area contributed by atoms with Crippen LogP contribution in [-0.2, 0) is 9.53 Å².